The van der Waals surface area contributed by atoms with Gasteiger partial charge < -0.3 is 27.2 Å². The number of carboxylic acid groups (broad SMARTS) is 2. The zero-order valence-corrected chi connectivity index (χ0v) is 12.8. The fourth-order valence-corrected chi connectivity index (χ4v) is 2.42. The molecule has 0 aromatic carbocycles. The predicted octanol–water partition coefficient (Wildman–Crippen LogP) is -1.81. The summed E-state index contributed by atoms with van der Waals surface area (Å²) in [5.41, 5.74) is 2.86. The molecule has 106 valence electrons. The standard InChI is InChI=1S/C12H10N2O4S.BrH/c1-7-5-19-6-14(7)4-8-2-9(11(15)16)10(12(17)18)13-3-8;/h2-3,5-6H,4H2,1H3,(H-,15,16,17,18);1H. The van der Waals surface area contributed by atoms with Crippen molar-refractivity contribution in [2.45, 2.75) is 13.5 Å². The first-order valence-electron chi connectivity index (χ1n) is 5.36. The van der Waals surface area contributed by atoms with E-state index in [-0.39, 0.29) is 22.5 Å². The van der Waals surface area contributed by atoms with Gasteiger partial charge in [0, 0.05) is 18.7 Å². The van der Waals surface area contributed by atoms with Gasteiger partial charge in [0.05, 0.1) is 10.9 Å². The number of hydrogen-bond donors (Lipinski definition) is 2. The number of rotatable bonds is 4. The fourth-order valence-electron chi connectivity index (χ4n) is 1.64. The van der Waals surface area contributed by atoms with Gasteiger partial charge in [-0.05, 0) is 6.07 Å². The van der Waals surface area contributed by atoms with E-state index in [0.29, 0.717) is 12.1 Å². The summed E-state index contributed by atoms with van der Waals surface area (Å²) in [6.45, 7) is 2.40. The van der Waals surface area contributed by atoms with Crippen molar-refractivity contribution >= 4 is 23.3 Å². The number of carbonyl (C=O) groups is 2. The topological polar surface area (TPSA) is 91.4 Å². The minimum atomic E-state index is -1.34. The molecule has 2 heterocycles. The SMILES string of the molecule is Cc1csc[n+]1Cc1cnc(C(=O)O)c(C(=O)O)c1.[Br-]. The van der Waals surface area contributed by atoms with Crippen LogP contribution in [0.3, 0.4) is 0 Å². The number of aromatic nitrogens is 2. The van der Waals surface area contributed by atoms with Crippen LogP contribution in [0.25, 0.3) is 0 Å². The van der Waals surface area contributed by atoms with E-state index in [2.05, 4.69) is 4.98 Å². The molecule has 0 fully saturated rings. The molecule has 0 saturated heterocycles. The van der Waals surface area contributed by atoms with Crippen LogP contribution in [0.15, 0.2) is 23.2 Å². The van der Waals surface area contributed by atoms with E-state index in [1.54, 1.807) is 0 Å². The lowest BCUT2D eigenvalue weighted by molar-refractivity contribution is -0.689. The Morgan fingerprint density at radius 2 is 2.05 bits per heavy atom. The molecule has 0 bridgehead atoms. The van der Waals surface area contributed by atoms with Crippen LogP contribution in [0.2, 0.25) is 0 Å². The molecule has 0 amide bonds. The summed E-state index contributed by atoms with van der Waals surface area (Å²) in [5.74, 6) is -2.64. The zero-order valence-electron chi connectivity index (χ0n) is 10.4. The number of thiazole rings is 1. The monoisotopic (exact) mass is 358 g/mol. The van der Waals surface area contributed by atoms with Crippen LogP contribution >= 0.6 is 11.3 Å². The van der Waals surface area contributed by atoms with Crippen molar-refractivity contribution in [3.8, 4) is 0 Å². The lowest BCUT2D eigenvalue weighted by Gasteiger charge is -2.02. The average Bonchev–Trinajstić information content (AvgIpc) is 2.74. The zero-order chi connectivity index (χ0) is 14.0. The van der Waals surface area contributed by atoms with Gasteiger partial charge in [0.1, 0.15) is 0 Å². The molecule has 2 aromatic rings. The van der Waals surface area contributed by atoms with E-state index in [9.17, 15) is 9.59 Å². The highest BCUT2D eigenvalue weighted by molar-refractivity contribution is 7.07. The third-order valence-corrected chi connectivity index (χ3v) is 3.46. The first-order valence-corrected chi connectivity index (χ1v) is 6.31. The molecule has 6 nitrogen and oxygen atoms in total. The number of aryl methyl sites for hydroxylation is 1. The minimum Gasteiger partial charge on any atom is -1.00 e. The summed E-state index contributed by atoms with van der Waals surface area (Å²) in [7, 11) is 0. The second-order valence-corrected chi connectivity index (χ2v) is 4.70. The molecule has 0 unspecified atom stereocenters. The fraction of sp³-hybridized carbons (Fsp3) is 0.167. The maximum atomic E-state index is 11.0. The van der Waals surface area contributed by atoms with Crippen LogP contribution in [-0.2, 0) is 6.54 Å². The molecule has 0 aliphatic heterocycles. The van der Waals surface area contributed by atoms with Crippen molar-refractivity contribution in [1.82, 2.24) is 4.98 Å². The van der Waals surface area contributed by atoms with Gasteiger partial charge in [0.15, 0.2) is 17.9 Å². The van der Waals surface area contributed by atoms with Crippen LogP contribution in [-0.4, -0.2) is 27.1 Å². The summed E-state index contributed by atoms with van der Waals surface area (Å²) >= 11 is 1.54. The predicted molar refractivity (Wildman–Crippen MR) is 66.5 cm³/mol. The van der Waals surface area contributed by atoms with Crippen molar-refractivity contribution in [1.29, 1.82) is 0 Å². The Morgan fingerprint density at radius 1 is 1.35 bits per heavy atom. The molecule has 0 spiro atoms. The Kier molecular flexibility index (Phi) is 5.34. The Hall–Kier alpha value is -1.80. The van der Waals surface area contributed by atoms with E-state index in [1.165, 1.54) is 23.6 Å². The number of halogens is 1. The Balaban J connectivity index is 0.00000200. The van der Waals surface area contributed by atoms with Crippen LogP contribution < -0.4 is 21.5 Å². The summed E-state index contributed by atoms with van der Waals surface area (Å²) < 4.78 is 1.94. The largest absolute Gasteiger partial charge is 1.00 e. The van der Waals surface area contributed by atoms with Crippen molar-refractivity contribution in [2.24, 2.45) is 0 Å². The van der Waals surface area contributed by atoms with E-state index in [1.807, 2.05) is 22.4 Å². The van der Waals surface area contributed by atoms with Crippen LogP contribution in [0, 0.1) is 6.92 Å². The Bertz CT molecular complexity index is 657. The second-order valence-electron chi connectivity index (χ2n) is 3.98. The van der Waals surface area contributed by atoms with E-state index < -0.39 is 17.6 Å². The third-order valence-electron chi connectivity index (χ3n) is 2.61. The number of hydrogen-bond acceptors (Lipinski definition) is 4. The van der Waals surface area contributed by atoms with Crippen LogP contribution in [0.4, 0.5) is 0 Å². The summed E-state index contributed by atoms with van der Waals surface area (Å²) in [6.07, 6.45) is 1.39. The number of carboxylic acids is 2. The van der Waals surface area contributed by atoms with Gasteiger partial charge >= 0.3 is 11.9 Å². The molecule has 0 aliphatic carbocycles. The lowest BCUT2D eigenvalue weighted by atomic mass is 10.1. The van der Waals surface area contributed by atoms with E-state index >= 15 is 0 Å². The molecular formula is C12H11BrN2O4S. The molecule has 0 atom stereocenters. The minimum absolute atomic E-state index is 0. The van der Waals surface area contributed by atoms with Gasteiger partial charge in [-0.2, -0.15) is 4.57 Å². The van der Waals surface area contributed by atoms with E-state index in [0.717, 1.165) is 5.69 Å². The molecule has 20 heavy (non-hydrogen) atoms. The smallest absolute Gasteiger partial charge is 0.355 e. The van der Waals surface area contributed by atoms with Crippen molar-refractivity contribution < 1.29 is 41.4 Å². The van der Waals surface area contributed by atoms with Crippen LogP contribution in [0.5, 0.6) is 0 Å². The normalized spacial score (nSPS) is 9.85. The van der Waals surface area contributed by atoms with Gasteiger partial charge in [-0.3, -0.25) is 0 Å². The van der Waals surface area contributed by atoms with Crippen molar-refractivity contribution in [2.75, 3.05) is 0 Å². The molecule has 8 heteroatoms. The maximum Gasteiger partial charge on any atom is 0.355 e. The number of aromatic carboxylic acids is 2. The molecule has 2 rings (SSSR count). The Morgan fingerprint density at radius 3 is 2.55 bits per heavy atom. The highest BCUT2D eigenvalue weighted by Crippen LogP contribution is 2.10. The van der Waals surface area contributed by atoms with Crippen molar-refractivity contribution in [3.05, 3.63) is 45.7 Å². The first kappa shape index (κ1) is 16.3. The lowest BCUT2D eigenvalue weighted by Crippen LogP contribution is -3.00. The average molecular weight is 359 g/mol. The summed E-state index contributed by atoms with van der Waals surface area (Å²) in [5, 5.41) is 19.9. The number of nitrogens with zero attached hydrogens (tertiary/aromatic N) is 2. The van der Waals surface area contributed by atoms with Crippen LogP contribution in [0.1, 0.15) is 32.1 Å². The third kappa shape index (κ3) is 3.40. The molecule has 0 aliphatic rings. The van der Waals surface area contributed by atoms with Gasteiger partial charge in [0.2, 0.25) is 5.51 Å². The van der Waals surface area contributed by atoms with Gasteiger partial charge in [-0.25, -0.2) is 14.6 Å². The second kappa shape index (κ2) is 6.58. The quantitative estimate of drug-likeness (QED) is 0.628. The summed E-state index contributed by atoms with van der Waals surface area (Å²) in [6, 6.07) is 1.35. The highest BCUT2D eigenvalue weighted by atomic mass is 79.9. The molecule has 0 radical (unpaired) electrons. The first-order chi connectivity index (χ1) is 8.99. The molecule has 0 saturated carbocycles. The van der Waals surface area contributed by atoms with E-state index in [4.69, 9.17) is 10.2 Å². The molecular weight excluding hydrogens is 348 g/mol. The van der Waals surface area contributed by atoms with Gasteiger partial charge in [-0.1, -0.05) is 11.3 Å². The van der Waals surface area contributed by atoms with Gasteiger partial charge in [0.25, 0.3) is 0 Å². The van der Waals surface area contributed by atoms with Crippen molar-refractivity contribution in [3.63, 3.8) is 0 Å². The highest BCUT2D eigenvalue weighted by Gasteiger charge is 2.19. The maximum absolute atomic E-state index is 11.0. The number of pyridine rings is 1. The molecule has 2 N–H and O–H groups in total. The van der Waals surface area contributed by atoms with Gasteiger partial charge in [-0.15, -0.1) is 0 Å². The Labute approximate surface area is 129 Å². The summed E-state index contributed by atoms with van der Waals surface area (Å²) in [4.78, 5) is 25.6. The molecule has 2 aromatic heterocycles.